The van der Waals surface area contributed by atoms with E-state index in [0.29, 0.717) is 5.56 Å². The van der Waals surface area contributed by atoms with Gasteiger partial charge in [-0.25, -0.2) is 9.59 Å². The van der Waals surface area contributed by atoms with E-state index < -0.39 is 18.5 Å². The fraction of sp³-hybridized carbons (Fsp3) is 0.214. The number of hydrogen-bond acceptors (Lipinski definition) is 5. The minimum atomic E-state index is -1.12. The number of nitriles is 1. The van der Waals surface area contributed by atoms with Crippen molar-refractivity contribution >= 4 is 18.0 Å². The smallest absolute Gasteiger partial charge is 0.348 e. The van der Waals surface area contributed by atoms with Crippen LogP contribution < -0.4 is 4.74 Å². The molecule has 6 nitrogen and oxygen atoms in total. The number of aliphatic carboxylic acids is 1. The average molecular weight is 275 g/mol. The average Bonchev–Trinajstić information content (AvgIpc) is 2.43. The van der Waals surface area contributed by atoms with Gasteiger partial charge in [-0.05, 0) is 19.1 Å². The molecule has 20 heavy (non-hydrogen) atoms. The molecule has 0 amide bonds. The van der Waals surface area contributed by atoms with Gasteiger partial charge in [0.15, 0.2) is 6.61 Å². The van der Waals surface area contributed by atoms with Gasteiger partial charge in [-0.1, -0.05) is 18.2 Å². The number of benzene rings is 1. The topological polar surface area (TPSA) is 96.6 Å². The van der Waals surface area contributed by atoms with Gasteiger partial charge >= 0.3 is 11.9 Å². The number of nitrogens with zero attached hydrogens (tertiary/aromatic N) is 1. The van der Waals surface area contributed by atoms with E-state index in [1.165, 1.54) is 6.08 Å². The highest BCUT2D eigenvalue weighted by molar-refractivity contribution is 5.98. The van der Waals surface area contributed by atoms with Crippen molar-refractivity contribution in [2.45, 2.75) is 6.92 Å². The Labute approximate surface area is 115 Å². The van der Waals surface area contributed by atoms with Crippen molar-refractivity contribution in [2.24, 2.45) is 0 Å². The van der Waals surface area contributed by atoms with Crippen molar-refractivity contribution in [1.82, 2.24) is 0 Å². The molecule has 0 saturated heterocycles. The third-order valence-corrected chi connectivity index (χ3v) is 2.19. The van der Waals surface area contributed by atoms with Crippen LogP contribution in [0.2, 0.25) is 0 Å². The first-order valence-electron chi connectivity index (χ1n) is 5.81. The van der Waals surface area contributed by atoms with Crippen molar-refractivity contribution in [2.75, 3.05) is 13.2 Å². The first kappa shape index (κ1) is 15.2. The van der Waals surface area contributed by atoms with Gasteiger partial charge in [0.1, 0.15) is 17.4 Å². The van der Waals surface area contributed by atoms with Gasteiger partial charge in [-0.2, -0.15) is 5.26 Å². The molecule has 0 fully saturated rings. The van der Waals surface area contributed by atoms with Crippen molar-refractivity contribution < 1.29 is 24.2 Å². The summed E-state index contributed by atoms with van der Waals surface area (Å²) >= 11 is 0. The number of carbonyl (C=O) groups is 2. The van der Waals surface area contributed by atoms with E-state index in [9.17, 15) is 9.59 Å². The van der Waals surface area contributed by atoms with E-state index in [1.807, 2.05) is 0 Å². The van der Waals surface area contributed by atoms with E-state index >= 15 is 0 Å². The maximum absolute atomic E-state index is 11.5. The minimum Gasteiger partial charge on any atom is -0.481 e. The minimum absolute atomic E-state index is 0.162. The first-order valence-corrected chi connectivity index (χ1v) is 5.81. The summed E-state index contributed by atoms with van der Waals surface area (Å²) in [5.41, 5.74) is 0.247. The summed E-state index contributed by atoms with van der Waals surface area (Å²) in [5, 5.41) is 17.5. The molecule has 104 valence electrons. The molecule has 1 aromatic rings. The lowest BCUT2D eigenvalue weighted by Crippen LogP contribution is -2.10. The van der Waals surface area contributed by atoms with Crippen molar-refractivity contribution in [3.8, 4) is 11.8 Å². The van der Waals surface area contributed by atoms with E-state index in [1.54, 1.807) is 37.3 Å². The van der Waals surface area contributed by atoms with Crippen LogP contribution in [0.5, 0.6) is 5.75 Å². The molecular formula is C14H13NO5. The number of rotatable bonds is 6. The second kappa shape index (κ2) is 7.59. The van der Waals surface area contributed by atoms with Crippen molar-refractivity contribution in [1.29, 1.82) is 5.26 Å². The number of carbonyl (C=O) groups excluding carboxylic acids is 1. The normalized spacial score (nSPS) is 10.5. The molecule has 0 bridgehead atoms. The Morgan fingerprint density at radius 2 is 2.10 bits per heavy atom. The molecular weight excluding hydrogens is 262 g/mol. The Morgan fingerprint density at radius 1 is 1.40 bits per heavy atom. The number of esters is 1. The van der Waals surface area contributed by atoms with Crippen LogP contribution in [-0.2, 0) is 14.3 Å². The Morgan fingerprint density at radius 3 is 2.70 bits per heavy atom. The van der Waals surface area contributed by atoms with Crippen LogP contribution in [0.4, 0.5) is 0 Å². The predicted octanol–water partition coefficient (Wildman–Crippen LogP) is 1.62. The predicted molar refractivity (Wildman–Crippen MR) is 69.8 cm³/mol. The largest absolute Gasteiger partial charge is 0.481 e. The lowest BCUT2D eigenvalue weighted by molar-refractivity contribution is -0.139. The summed E-state index contributed by atoms with van der Waals surface area (Å²) in [6.45, 7) is 1.29. The van der Waals surface area contributed by atoms with Gasteiger partial charge in [0, 0.05) is 5.56 Å². The van der Waals surface area contributed by atoms with Crippen molar-refractivity contribution in [3.63, 3.8) is 0 Å². The fourth-order valence-corrected chi connectivity index (χ4v) is 1.37. The number of carboxylic acids is 1. The third-order valence-electron chi connectivity index (χ3n) is 2.19. The standard InChI is InChI=1S/C14H13NO5/c1-2-19-14(18)11(8-15)7-10-5-3-4-6-12(10)20-9-13(16)17/h3-7H,2,9H2,1H3,(H,16,17)/b11-7-. The van der Waals surface area contributed by atoms with Gasteiger partial charge in [-0.15, -0.1) is 0 Å². The Hall–Kier alpha value is -2.81. The van der Waals surface area contributed by atoms with Gasteiger partial charge in [0.05, 0.1) is 6.61 Å². The SMILES string of the molecule is CCOC(=O)/C(C#N)=C\c1ccccc1OCC(=O)O. The monoisotopic (exact) mass is 275 g/mol. The van der Waals surface area contributed by atoms with Crippen molar-refractivity contribution in [3.05, 3.63) is 35.4 Å². The zero-order valence-corrected chi connectivity index (χ0v) is 10.8. The van der Waals surface area contributed by atoms with Crippen LogP contribution in [0.15, 0.2) is 29.8 Å². The van der Waals surface area contributed by atoms with Gasteiger partial charge in [-0.3, -0.25) is 0 Å². The van der Waals surface area contributed by atoms with E-state index in [0.717, 1.165) is 0 Å². The Balaban J connectivity index is 3.03. The molecule has 1 aromatic carbocycles. The zero-order chi connectivity index (χ0) is 15.0. The van der Waals surface area contributed by atoms with Crippen LogP contribution >= 0.6 is 0 Å². The highest BCUT2D eigenvalue weighted by Gasteiger charge is 2.11. The van der Waals surface area contributed by atoms with E-state index in [-0.39, 0.29) is 17.9 Å². The molecule has 1 N–H and O–H groups in total. The molecule has 0 saturated carbocycles. The summed E-state index contributed by atoms with van der Waals surface area (Å²) in [6, 6.07) is 8.24. The summed E-state index contributed by atoms with van der Waals surface area (Å²) < 4.78 is 9.82. The van der Waals surface area contributed by atoms with Crippen LogP contribution in [0, 0.1) is 11.3 Å². The maximum atomic E-state index is 11.5. The van der Waals surface area contributed by atoms with Crippen LogP contribution in [0.3, 0.4) is 0 Å². The van der Waals surface area contributed by atoms with Gasteiger partial charge < -0.3 is 14.6 Å². The lowest BCUT2D eigenvalue weighted by Gasteiger charge is -2.07. The molecule has 0 aliphatic rings. The molecule has 0 radical (unpaired) electrons. The Kier molecular flexibility index (Phi) is 5.78. The van der Waals surface area contributed by atoms with Crippen LogP contribution in [0.25, 0.3) is 6.08 Å². The summed E-state index contributed by atoms with van der Waals surface area (Å²) in [5.74, 6) is -1.58. The second-order valence-electron chi connectivity index (χ2n) is 3.61. The number of para-hydroxylation sites is 1. The molecule has 6 heteroatoms. The molecule has 0 unspecified atom stereocenters. The number of ether oxygens (including phenoxy) is 2. The number of carboxylic acid groups (broad SMARTS) is 1. The second-order valence-corrected chi connectivity index (χ2v) is 3.61. The molecule has 0 aliphatic carbocycles. The zero-order valence-electron chi connectivity index (χ0n) is 10.8. The molecule has 0 spiro atoms. The summed E-state index contributed by atoms with van der Waals surface area (Å²) in [4.78, 5) is 22.0. The van der Waals surface area contributed by atoms with Gasteiger partial charge in [0.25, 0.3) is 0 Å². The van der Waals surface area contributed by atoms with Crippen LogP contribution in [-0.4, -0.2) is 30.3 Å². The molecule has 1 rings (SSSR count). The summed E-state index contributed by atoms with van der Waals surface area (Å²) in [7, 11) is 0. The molecule has 0 aliphatic heterocycles. The molecule has 0 atom stereocenters. The van der Waals surface area contributed by atoms with E-state index in [4.69, 9.17) is 19.8 Å². The first-order chi connectivity index (χ1) is 9.58. The molecule has 0 aromatic heterocycles. The quantitative estimate of drug-likeness (QED) is 0.481. The summed E-state index contributed by atoms with van der Waals surface area (Å²) in [6.07, 6.45) is 1.30. The fourth-order valence-electron chi connectivity index (χ4n) is 1.37. The highest BCUT2D eigenvalue weighted by Crippen LogP contribution is 2.21. The van der Waals surface area contributed by atoms with Gasteiger partial charge in [0.2, 0.25) is 0 Å². The van der Waals surface area contributed by atoms with E-state index in [2.05, 4.69) is 0 Å². The van der Waals surface area contributed by atoms with Crippen LogP contribution in [0.1, 0.15) is 12.5 Å². The highest BCUT2D eigenvalue weighted by atomic mass is 16.5. The Bertz CT molecular complexity index is 571. The molecule has 0 heterocycles. The lowest BCUT2D eigenvalue weighted by atomic mass is 10.1. The number of hydrogen-bond donors (Lipinski definition) is 1. The third kappa shape index (κ3) is 4.46. The maximum Gasteiger partial charge on any atom is 0.348 e.